The first kappa shape index (κ1) is 21.8. The van der Waals surface area contributed by atoms with Crippen LogP contribution in [0.1, 0.15) is 64.9 Å². The summed E-state index contributed by atoms with van der Waals surface area (Å²) in [4.78, 5) is 13.1. The van der Waals surface area contributed by atoms with E-state index in [4.69, 9.17) is 9.47 Å². The van der Waals surface area contributed by atoms with E-state index in [2.05, 4.69) is 39.0 Å². The Morgan fingerprint density at radius 3 is 2.69 bits per heavy atom. The Bertz CT molecular complexity index is 704. The Morgan fingerprint density at radius 2 is 2.00 bits per heavy atom. The summed E-state index contributed by atoms with van der Waals surface area (Å²) >= 11 is 0. The number of benzene rings is 1. The molecule has 0 spiro atoms. The Labute approximate surface area is 176 Å². The number of carbonyl (C=O) groups is 1. The van der Waals surface area contributed by atoms with Gasteiger partial charge in [0.05, 0.1) is 6.61 Å². The molecule has 29 heavy (non-hydrogen) atoms. The van der Waals surface area contributed by atoms with Crippen LogP contribution in [-0.2, 0) is 14.3 Å². The fourth-order valence-corrected chi connectivity index (χ4v) is 4.62. The molecule has 1 aromatic rings. The number of carbonyl (C=O) groups excluding carboxylic acids is 1. The summed E-state index contributed by atoms with van der Waals surface area (Å²) in [5, 5.41) is 0. The fourth-order valence-electron chi connectivity index (χ4n) is 4.62. The van der Waals surface area contributed by atoms with Crippen LogP contribution in [0.3, 0.4) is 0 Å². The van der Waals surface area contributed by atoms with E-state index in [1.165, 1.54) is 6.42 Å². The minimum atomic E-state index is -0.567. The molecule has 0 aliphatic heterocycles. The van der Waals surface area contributed by atoms with Crippen LogP contribution in [-0.4, -0.2) is 24.8 Å². The third-order valence-electron chi connectivity index (χ3n) is 6.32. The second-order valence-electron chi connectivity index (χ2n) is 9.00. The van der Waals surface area contributed by atoms with Crippen LogP contribution < -0.4 is 0 Å². The summed E-state index contributed by atoms with van der Waals surface area (Å²) in [5.41, 5.74) is 2.22. The summed E-state index contributed by atoms with van der Waals surface area (Å²) in [6, 6.07) is 10.1. The van der Waals surface area contributed by atoms with Gasteiger partial charge in [-0.3, -0.25) is 0 Å². The van der Waals surface area contributed by atoms with Crippen LogP contribution in [0.5, 0.6) is 0 Å². The monoisotopic (exact) mass is 396 g/mol. The molecule has 158 valence electrons. The van der Waals surface area contributed by atoms with Crippen molar-refractivity contribution in [3.05, 3.63) is 53.6 Å². The van der Waals surface area contributed by atoms with Gasteiger partial charge in [-0.25, -0.2) is 4.79 Å². The smallest absolute Gasteiger partial charge is 0.339 e. The first-order valence-corrected chi connectivity index (χ1v) is 11.3. The zero-order valence-electron chi connectivity index (χ0n) is 18.2. The zero-order chi connectivity index (χ0) is 20.6. The molecule has 0 bridgehead atoms. The number of hydrogen-bond acceptors (Lipinski definition) is 3. The van der Waals surface area contributed by atoms with Crippen LogP contribution in [0.15, 0.2) is 48.1 Å². The molecule has 0 heterocycles. The van der Waals surface area contributed by atoms with E-state index in [1.807, 2.05) is 30.4 Å². The van der Waals surface area contributed by atoms with Crippen LogP contribution in [0, 0.1) is 17.8 Å². The van der Waals surface area contributed by atoms with Gasteiger partial charge in [0.1, 0.15) is 6.10 Å². The van der Waals surface area contributed by atoms with Crippen molar-refractivity contribution in [2.75, 3.05) is 6.61 Å². The van der Waals surface area contributed by atoms with Crippen molar-refractivity contribution in [3.63, 3.8) is 0 Å². The SMILES string of the molecule is CC(C)[C@@H]1CC[C@@H](C)C[C@H]1OC(=O)C(OC/C=C/c1ccccc1)C1=CCCC1. The molecule has 1 aromatic carbocycles. The lowest BCUT2D eigenvalue weighted by molar-refractivity contribution is -0.166. The molecule has 4 atom stereocenters. The standard InChI is InChI=1S/C26H36O3/c1-19(2)23-16-15-20(3)18-24(23)29-26(27)25(22-13-7-8-14-22)28-17-9-12-21-10-5-4-6-11-21/h4-6,9-13,19-20,23-25H,7-8,14-18H2,1-3H3/b12-9+/t20-,23+,24-,25?/m1/s1. The Morgan fingerprint density at radius 1 is 1.21 bits per heavy atom. The molecule has 1 fully saturated rings. The first-order chi connectivity index (χ1) is 14.0. The van der Waals surface area contributed by atoms with Crippen LogP contribution in [0.2, 0.25) is 0 Å². The van der Waals surface area contributed by atoms with Gasteiger partial charge < -0.3 is 9.47 Å². The Balaban J connectivity index is 1.62. The molecule has 0 aromatic heterocycles. The van der Waals surface area contributed by atoms with Crippen molar-refractivity contribution in [1.29, 1.82) is 0 Å². The first-order valence-electron chi connectivity index (χ1n) is 11.3. The van der Waals surface area contributed by atoms with Crippen molar-refractivity contribution in [2.45, 2.75) is 71.5 Å². The highest BCUT2D eigenvalue weighted by molar-refractivity contribution is 5.78. The molecule has 0 amide bonds. The van der Waals surface area contributed by atoms with Crippen LogP contribution >= 0.6 is 0 Å². The molecule has 0 N–H and O–H groups in total. The van der Waals surface area contributed by atoms with Gasteiger partial charge in [0.2, 0.25) is 0 Å². The average molecular weight is 397 g/mol. The summed E-state index contributed by atoms with van der Waals surface area (Å²) in [7, 11) is 0. The molecule has 1 saturated carbocycles. The number of rotatable bonds is 8. The van der Waals surface area contributed by atoms with Crippen molar-refractivity contribution in [1.82, 2.24) is 0 Å². The van der Waals surface area contributed by atoms with Gasteiger partial charge in [-0.2, -0.15) is 0 Å². The molecule has 1 unspecified atom stereocenters. The largest absolute Gasteiger partial charge is 0.460 e. The molecule has 2 aliphatic carbocycles. The highest BCUT2D eigenvalue weighted by atomic mass is 16.6. The van der Waals surface area contributed by atoms with Crippen molar-refractivity contribution >= 4 is 12.0 Å². The van der Waals surface area contributed by atoms with Crippen molar-refractivity contribution in [2.24, 2.45) is 17.8 Å². The van der Waals surface area contributed by atoms with E-state index >= 15 is 0 Å². The zero-order valence-corrected chi connectivity index (χ0v) is 18.2. The topological polar surface area (TPSA) is 35.5 Å². The van der Waals surface area contributed by atoms with Crippen molar-refractivity contribution < 1.29 is 14.3 Å². The van der Waals surface area contributed by atoms with E-state index in [1.54, 1.807) is 0 Å². The Hall–Kier alpha value is -1.87. The maximum atomic E-state index is 13.1. The van der Waals surface area contributed by atoms with E-state index in [9.17, 15) is 4.79 Å². The number of allylic oxidation sites excluding steroid dienone is 1. The lowest BCUT2D eigenvalue weighted by atomic mass is 9.75. The number of esters is 1. The molecule has 2 aliphatic rings. The third kappa shape index (κ3) is 6.30. The fraction of sp³-hybridized carbons (Fsp3) is 0.577. The normalized spacial score (nSPS) is 25.9. The summed E-state index contributed by atoms with van der Waals surface area (Å²) in [6.07, 6.45) is 12.0. The molecular weight excluding hydrogens is 360 g/mol. The summed E-state index contributed by atoms with van der Waals surface area (Å²) in [6.45, 7) is 7.15. The van der Waals surface area contributed by atoms with Gasteiger partial charge in [-0.05, 0) is 61.0 Å². The predicted octanol–water partition coefficient (Wildman–Crippen LogP) is 6.20. The Kier molecular flexibility index (Phi) is 8.11. The van der Waals surface area contributed by atoms with E-state index in [-0.39, 0.29) is 12.1 Å². The molecule has 3 rings (SSSR count). The maximum Gasteiger partial charge on any atom is 0.339 e. The summed E-state index contributed by atoms with van der Waals surface area (Å²) in [5.74, 6) is 1.39. The third-order valence-corrected chi connectivity index (χ3v) is 6.32. The quantitative estimate of drug-likeness (QED) is 0.388. The minimum absolute atomic E-state index is 0.0132. The van der Waals surface area contributed by atoms with Gasteiger partial charge in [0.25, 0.3) is 0 Å². The van der Waals surface area contributed by atoms with Gasteiger partial charge in [-0.1, -0.05) is 75.8 Å². The van der Waals surface area contributed by atoms with Gasteiger partial charge >= 0.3 is 5.97 Å². The molecule has 0 radical (unpaired) electrons. The predicted molar refractivity (Wildman–Crippen MR) is 118 cm³/mol. The van der Waals surface area contributed by atoms with Crippen LogP contribution in [0.25, 0.3) is 6.08 Å². The van der Waals surface area contributed by atoms with E-state index in [0.29, 0.717) is 24.4 Å². The number of ether oxygens (including phenoxy) is 2. The average Bonchev–Trinajstić information content (AvgIpc) is 3.23. The van der Waals surface area contributed by atoms with Gasteiger partial charge in [0.15, 0.2) is 6.10 Å². The lowest BCUT2D eigenvalue weighted by Crippen LogP contribution is -2.39. The van der Waals surface area contributed by atoms with E-state index in [0.717, 1.165) is 43.2 Å². The second-order valence-corrected chi connectivity index (χ2v) is 9.00. The molecule has 3 heteroatoms. The summed E-state index contributed by atoms with van der Waals surface area (Å²) < 4.78 is 12.1. The highest BCUT2D eigenvalue weighted by Crippen LogP contribution is 2.36. The van der Waals surface area contributed by atoms with Crippen LogP contribution in [0.4, 0.5) is 0 Å². The number of hydrogen-bond donors (Lipinski definition) is 0. The second kappa shape index (κ2) is 10.8. The van der Waals surface area contributed by atoms with Crippen molar-refractivity contribution in [3.8, 4) is 0 Å². The highest BCUT2D eigenvalue weighted by Gasteiger charge is 2.36. The molecule has 3 nitrogen and oxygen atoms in total. The van der Waals surface area contributed by atoms with Gasteiger partial charge in [-0.15, -0.1) is 0 Å². The maximum absolute atomic E-state index is 13.1. The van der Waals surface area contributed by atoms with Gasteiger partial charge in [0, 0.05) is 0 Å². The van der Waals surface area contributed by atoms with E-state index < -0.39 is 6.10 Å². The molecular formula is C26H36O3. The molecule has 0 saturated heterocycles. The lowest BCUT2D eigenvalue weighted by Gasteiger charge is -2.37. The minimum Gasteiger partial charge on any atom is -0.460 e.